The fourth-order valence-electron chi connectivity index (χ4n) is 4.47. The van der Waals surface area contributed by atoms with Crippen LogP contribution in [0.2, 0.25) is 0 Å². The monoisotopic (exact) mass is 415 g/mol. The fraction of sp³-hybridized carbons (Fsp3) is 0.292. The van der Waals surface area contributed by atoms with Crippen LogP contribution in [0.3, 0.4) is 0 Å². The Hall–Kier alpha value is -3.61. The molecule has 0 fully saturated rings. The largest absolute Gasteiger partial charge is 0.358 e. The molecule has 4 aromatic rings. The van der Waals surface area contributed by atoms with Crippen molar-refractivity contribution < 1.29 is 4.79 Å². The highest BCUT2D eigenvalue weighted by Crippen LogP contribution is 2.29. The van der Waals surface area contributed by atoms with Gasteiger partial charge in [-0.05, 0) is 68.5 Å². The standard InChI is InChI=1S/C24H25N5O2/c1-2-29-23(31)17-9-6-7-11-20(17)26-24(29)28-27-22(30)15-12-13-21-18(14-15)16-8-4-3-5-10-19(16)25-21/h6-7,9,11-14,25H,2-5,8,10H2,1H3,(H,26,28)(H,27,30). The predicted octanol–water partition coefficient (Wildman–Crippen LogP) is 3.92. The molecule has 2 heterocycles. The molecule has 0 atom stereocenters. The maximum Gasteiger partial charge on any atom is 0.269 e. The number of nitrogens with zero attached hydrogens (tertiary/aromatic N) is 2. The normalized spacial score (nSPS) is 13.7. The summed E-state index contributed by atoms with van der Waals surface area (Å²) in [5.41, 5.74) is 10.3. The number of anilines is 1. The number of aromatic nitrogens is 3. The average molecular weight is 415 g/mol. The number of carbonyl (C=O) groups excluding carboxylic acids is 1. The van der Waals surface area contributed by atoms with Crippen LogP contribution in [0.25, 0.3) is 21.8 Å². The number of nitrogens with one attached hydrogen (secondary N) is 3. The van der Waals surface area contributed by atoms with E-state index in [1.165, 1.54) is 35.1 Å². The van der Waals surface area contributed by atoms with Crippen LogP contribution in [0, 0.1) is 0 Å². The molecule has 3 N–H and O–H groups in total. The quantitative estimate of drug-likeness (QED) is 0.348. The van der Waals surface area contributed by atoms with E-state index in [4.69, 9.17) is 0 Å². The number of hydrazine groups is 1. The Balaban J connectivity index is 1.42. The third kappa shape index (κ3) is 3.46. The lowest BCUT2D eigenvalue weighted by Gasteiger charge is -2.14. The molecule has 0 spiro atoms. The van der Waals surface area contributed by atoms with Crippen LogP contribution < -0.4 is 16.4 Å². The van der Waals surface area contributed by atoms with Gasteiger partial charge in [-0.2, -0.15) is 0 Å². The van der Waals surface area contributed by atoms with Crippen LogP contribution >= 0.6 is 0 Å². The number of hydrogen-bond acceptors (Lipinski definition) is 4. The summed E-state index contributed by atoms with van der Waals surface area (Å²) in [6.07, 6.45) is 5.73. The van der Waals surface area contributed by atoms with Gasteiger partial charge in [0.15, 0.2) is 0 Å². The van der Waals surface area contributed by atoms with E-state index in [1.54, 1.807) is 12.1 Å². The van der Waals surface area contributed by atoms with Crippen molar-refractivity contribution in [1.82, 2.24) is 20.0 Å². The van der Waals surface area contributed by atoms with Crippen molar-refractivity contribution in [1.29, 1.82) is 0 Å². The van der Waals surface area contributed by atoms with Crippen LogP contribution in [0.4, 0.5) is 5.95 Å². The number of para-hydroxylation sites is 1. The van der Waals surface area contributed by atoms with E-state index in [2.05, 4.69) is 20.8 Å². The Labute approximate surface area is 179 Å². The highest BCUT2D eigenvalue weighted by Gasteiger charge is 2.16. The van der Waals surface area contributed by atoms with E-state index < -0.39 is 0 Å². The molecule has 1 aliphatic rings. The van der Waals surface area contributed by atoms with Crippen molar-refractivity contribution in [2.75, 3.05) is 5.43 Å². The summed E-state index contributed by atoms with van der Waals surface area (Å²) in [6.45, 7) is 2.31. The lowest BCUT2D eigenvalue weighted by atomic mass is 10.0. The number of fused-ring (bicyclic) bond motifs is 4. The molecule has 0 bridgehead atoms. The van der Waals surface area contributed by atoms with E-state index in [0.29, 0.717) is 29.0 Å². The minimum Gasteiger partial charge on any atom is -0.358 e. The Morgan fingerprint density at radius 1 is 1.10 bits per heavy atom. The first kappa shape index (κ1) is 19.4. The first-order valence-corrected chi connectivity index (χ1v) is 10.8. The van der Waals surface area contributed by atoms with Gasteiger partial charge in [0, 0.05) is 28.7 Å². The lowest BCUT2D eigenvalue weighted by Crippen LogP contribution is -2.34. The molecule has 1 amide bonds. The van der Waals surface area contributed by atoms with Crippen molar-refractivity contribution in [2.45, 2.75) is 45.6 Å². The highest BCUT2D eigenvalue weighted by atomic mass is 16.2. The van der Waals surface area contributed by atoms with E-state index in [0.717, 1.165) is 23.7 Å². The zero-order chi connectivity index (χ0) is 21.4. The predicted molar refractivity (Wildman–Crippen MR) is 122 cm³/mol. The van der Waals surface area contributed by atoms with E-state index in [-0.39, 0.29) is 11.5 Å². The maximum atomic E-state index is 12.9. The minimum absolute atomic E-state index is 0.138. The number of rotatable bonds is 4. The van der Waals surface area contributed by atoms with Gasteiger partial charge >= 0.3 is 0 Å². The number of amides is 1. The first-order valence-electron chi connectivity index (χ1n) is 10.8. The van der Waals surface area contributed by atoms with Gasteiger partial charge in [-0.25, -0.2) is 4.98 Å². The SMILES string of the molecule is CCn1c(NNC(=O)c2ccc3[nH]c4c(c3c2)CCCCC4)nc2ccccc2c1=O. The average Bonchev–Trinajstić information content (AvgIpc) is 2.97. The van der Waals surface area contributed by atoms with Crippen LogP contribution in [0.15, 0.2) is 47.3 Å². The summed E-state index contributed by atoms with van der Waals surface area (Å²) >= 11 is 0. The molecule has 0 radical (unpaired) electrons. The van der Waals surface area contributed by atoms with Crippen molar-refractivity contribution in [3.8, 4) is 0 Å². The minimum atomic E-state index is -0.268. The van der Waals surface area contributed by atoms with Gasteiger partial charge in [0.25, 0.3) is 11.5 Å². The molecule has 2 aromatic carbocycles. The Morgan fingerprint density at radius 2 is 1.94 bits per heavy atom. The Kier molecular flexibility index (Phi) is 4.94. The number of carbonyl (C=O) groups is 1. The highest BCUT2D eigenvalue weighted by molar-refractivity contribution is 5.99. The molecular formula is C24H25N5O2. The van der Waals surface area contributed by atoms with Crippen LogP contribution in [0.5, 0.6) is 0 Å². The van der Waals surface area contributed by atoms with Crippen molar-refractivity contribution in [3.63, 3.8) is 0 Å². The number of aromatic amines is 1. The van der Waals surface area contributed by atoms with E-state index in [1.807, 2.05) is 37.3 Å². The van der Waals surface area contributed by atoms with Gasteiger partial charge in [-0.3, -0.25) is 25.0 Å². The number of benzene rings is 2. The second-order valence-electron chi connectivity index (χ2n) is 7.98. The van der Waals surface area contributed by atoms with Gasteiger partial charge < -0.3 is 4.98 Å². The smallest absolute Gasteiger partial charge is 0.269 e. The summed E-state index contributed by atoms with van der Waals surface area (Å²) < 4.78 is 1.51. The summed E-state index contributed by atoms with van der Waals surface area (Å²) in [6, 6.07) is 12.9. The zero-order valence-electron chi connectivity index (χ0n) is 17.5. The topological polar surface area (TPSA) is 91.8 Å². The molecule has 31 heavy (non-hydrogen) atoms. The summed E-state index contributed by atoms with van der Waals surface area (Å²) in [5.74, 6) is 0.0478. The molecular weight excluding hydrogens is 390 g/mol. The molecule has 7 heteroatoms. The van der Waals surface area contributed by atoms with E-state index >= 15 is 0 Å². The first-order chi connectivity index (χ1) is 15.2. The summed E-state index contributed by atoms with van der Waals surface area (Å²) in [4.78, 5) is 33.6. The third-order valence-corrected chi connectivity index (χ3v) is 6.08. The molecule has 158 valence electrons. The Bertz CT molecular complexity index is 1350. The zero-order valence-corrected chi connectivity index (χ0v) is 17.5. The fourth-order valence-corrected chi connectivity index (χ4v) is 4.47. The van der Waals surface area contributed by atoms with E-state index in [9.17, 15) is 9.59 Å². The Morgan fingerprint density at radius 3 is 2.81 bits per heavy atom. The van der Waals surface area contributed by atoms with Gasteiger partial charge in [0.05, 0.1) is 10.9 Å². The van der Waals surface area contributed by atoms with Crippen LogP contribution in [-0.2, 0) is 19.4 Å². The second kappa shape index (κ2) is 7.91. The lowest BCUT2D eigenvalue weighted by molar-refractivity contribution is 0.0962. The number of aryl methyl sites for hydroxylation is 2. The maximum absolute atomic E-state index is 12.9. The third-order valence-electron chi connectivity index (χ3n) is 6.08. The number of hydrogen-bond donors (Lipinski definition) is 3. The summed E-state index contributed by atoms with van der Waals surface area (Å²) in [7, 11) is 0. The molecule has 7 nitrogen and oxygen atoms in total. The van der Waals surface area contributed by atoms with Gasteiger partial charge in [-0.15, -0.1) is 0 Å². The summed E-state index contributed by atoms with van der Waals surface area (Å²) in [5, 5.41) is 1.68. The second-order valence-corrected chi connectivity index (χ2v) is 7.98. The molecule has 1 aliphatic carbocycles. The van der Waals surface area contributed by atoms with Gasteiger partial charge in [-0.1, -0.05) is 18.6 Å². The van der Waals surface area contributed by atoms with Crippen molar-refractivity contribution in [2.24, 2.45) is 0 Å². The van der Waals surface area contributed by atoms with Crippen LogP contribution in [0.1, 0.15) is 47.8 Å². The molecule has 2 aromatic heterocycles. The van der Waals surface area contributed by atoms with Crippen molar-refractivity contribution in [3.05, 3.63) is 69.6 Å². The molecule has 0 saturated carbocycles. The van der Waals surface area contributed by atoms with Gasteiger partial charge in [0.2, 0.25) is 5.95 Å². The molecule has 5 rings (SSSR count). The van der Waals surface area contributed by atoms with Crippen LogP contribution in [-0.4, -0.2) is 20.4 Å². The number of H-pyrrole nitrogens is 1. The molecule has 0 aliphatic heterocycles. The van der Waals surface area contributed by atoms with Gasteiger partial charge in [0.1, 0.15) is 0 Å². The molecule has 0 saturated heterocycles. The molecule has 0 unspecified atom stereocenters. The van der Waals surface area contributed by atoms with Crippen molar-refractivity contribution >= 4 is 33.7 Å².